The van der Waals surface area contributed by atoms with Crippen LogP contribution < -0.4 is 5.32 Å². The second kappa shape index (κ2) is 8.41. The minimum absolute atomic E-state index is 0.207. The molecule has 2 aromatic rings. The van der Waals surface area contributed by atoms with Gasteiger partial charge in [-0.15, -0.1) is 11.3 Å². The normalized spacial score (nSPS) is 15.1. The van der Waals surface area contributed by atoms with Gasteiger partial charge in [-0.25, -0.2) is 4.79 Å². The Labute approximate surface area is 171 Å². The first-order valence-electron chi connectivity index (χ1n) is 9.07. The summed E-state index contributed by atoms with van der Waals surface area (Å²) in [5.74, 6) is -1.02. The van der Waals surface area contributed by atoms with Crippen molar-refractivity contribution in [3.05, 3.63) is 55.4 Å². The molecule has 0 fully saturated rings. The minimum atomic E-state index is -0.949. The largest absolute Gasteiger partial charge is 0.452 e. The molecule has 0 saturated carbocycles. The lowest BCUT2D eigenvalue weighted by molar-refractivity contribution is -0.385. The van der Waals surface area contributed by atoms with Crippen molar-refractivity contribution in [2.45, 2.75) is 33.1 Å². The van der Waals surface area contributed by atoms with Crippen molar-refractivity contribution in [3.8, 4) is 6.07 Å². The molecule has 9 heteroatoms. The van der Waals surface area contributed by atoms with E-state index in [0.29, 0.717) is 22.0 Å². The van der Waals surface area contributed by atoms with Crippen LogP contribution >= 0.6 is 11.3 Å². The molecule has 1 aliphatic carbocycles. The van der Waals surface area contributed by atoms with Crippen LogP contribution in [0.5, 0.6) is 0 Å². The van der Waals surface area contributed by atoms with Gasteiger partial charge >= 0.3 is 5.97 Å². The summed E-state index contributed by atoms with van der Waals surface area (Å²) in [4.78, 5) is 36.2. The van der Waals surface area contributed by atoms with Gasteiger partial charge in [-0.2, -0.15) is 5.26 Å². The first-order chi connectivity index (χ1) is 13.8. The summed E-state index contributed by atoms with van der Waals surface area (Å²) in [6, 6.07) is 6.47. The molecule has 3 rings (SSSR count). The highest BCUT2D eigenvalue weighted by Crippen LogP contribution is 2.39. The standard InChI is InChI=1S/C20H19N3O5S/c1-11-6-7-13-15(9-21)19(29-16(13)8-11)22-17(24)10-28-20(25)14-5-3-4-12(2)18(14)23(26)27/h3-5,11H,6-8,10H2,1-2H3,(H,22,24)/t11-/m1/s1. The molecule has 0 spiro atoms. The van der Waals surface area contributed by atoms with E-state index in [1.54, 1.807) is 0 Å². The van der Waals surface area contributed by atoms with Crippen molar-refractivity contribution >= 4 is 33.9 Å². The number of nitro groups is 1. The average Bonchev–Trinajstić information content (AvgIpc) is 3.01. The van der Waals surface area contributed by atoms with Gasteiger partial charge in [0.25, 0.3) is 11.6 Å². The Morgan fingerprint density at radius 2 is 2.21 bits per heavy atom. The Bertz CT molecular complexity index is 1040. The van der Waals surface area contributed by atoms with E-state index in [9.17, 15) is 25.0 Å². The zero-order chi connectivity index (χ0) is 21.1. The fourth-order valence-electron chi connectivity index (χ4n) is 3.39. The zero-order valence-corrected chi connectivity index (χ0v) is 16.8. The number of hydrogen-bond donors (Lipinski definition) is 1. The first-order valence-corrected chi connectivity index (χ1v) is 9.89. The number of nitrogens with zero attached hydrogens (tertiary/aromatic N) is 2. The number of esters is 1. The van der Waals surface area contributed by atoms with Crippen LogP contribution in [0.3, 0.4) is 0 Å². The maximum Gasteiger partial charge on any atom is 0.345 e. The van der Waals surface area contributed by atoms with Crippen molar-refractivity contribution < 1.29 is 19.2 Å². The Hall–Kier alpha value is -3.25. The average molecular weight is 413 g/mol. The number of rotatable bonds is 5. The Morgan fingerprint density at radius 3 is 2.90 bits per heavy atom. The van der Waals surface area contributed by atoms with Crippen LogP contribution in [-0.2, 0) is 22.4 Å². The third-order valence-corrected chi connectivity index (χ3v) is 6.02. The first kappa shape index (κ1) is 20.5. The number of anilines is 1. The number of carbonyl (C=O) groups excluding carboxylic acids is 2. The highest BCUT2D eigenvalue weighted by molar-refractivity contribution is 7.16. The third kappa shape index (κ3) is 4.27. The molecule has 1 atom stereocenters. The van der Waals surface area contributed by atoms with Gasteiger partial charge in [-0.1, -0.05) is 19.1 Å². The second-order valence-corrected chi connectivity index (χ2v) is 8.13. The van der Waals surface area contributed by atoms with Gasteiger partial charge in [0.15, 0.2) is 6.61 Å². The molecule has 29 heavy (non-hydrogen) atoms. The van der Waals surface area contributed by atoms with Crippen LogP contribution in [0.25, 0.3) is 0 Å². The van der Waals surface area contributed by atoms with Gasteiger partial charge in [0.1, 0.15) is 16.6 Å². The van der Waals surface area contributed by atoms with Crippen LogP contribution in [0.4, 0.5) is 10.7 Å². The molecule has 150 valence electrons. The molecule has 0 saturated heterocycles. The molecule has 1 aromatic carbocycles. The molecule has 1 amide bonds. The predicted octanol–water partition coefficient (Wildman–Crippen LogP) is 3.76. The zero-order valence-electron chi connectivity index (χ0n) is 16.0. The molecule has 0 radical (unpaired) electrons. The number of ether oxygens (including phenoxy) is 1. The van der Waals surface area contributed by atoms with E-state index in [1.165, 1.54) is 36.5 Å². The summed E-state index contributed by atoms with van der Waals surface area (Å²) in [6.07, 6.45) is 2.67. The maximum atomic E-state index is 12.3. The summed E-state index contributed by atoms with van der Waals surface area (Å²) in [5, 5.41) is 23.8. The summed E-state index contributed by atoms with van der Waals surface area (Å²) in [5.41, 5.74) is 1.22. The smallest absolute Gasteiger partial charge is 0.345 e. The highest BCUT2D eigenvalue weighted by atomic mass is 32.1. The summed E-state index contributed by atoms with van der Waals surface area (Å²) in [6.45, 7) is 3.06. The molecule has 1 aliphatic rings. The topological polar surface area (TPSA) is 122 Å². The summed E-state index contributed by atoms with van der Waals surface area (Å²) in [7, 11) is 0. The van der Waals surface area contributed by atoms with E-state index in [2.05, 4.69) is 18.3 Å². The number of carbonyl (C=O) groups is 2. The molecular formula is C20H19N3O5S. The molecule has 0 unspecified atom stereocenters. The Kier molecular flexibility index (Phi) is 5.94. The molecule has 1 aromatic heterocycles. The fourth-order valence-corrected chi connectivity index (χ4v) is 4.77. The third-order valence-electron chi connectivity index (χ3n) is 4.85. The van der Waals surface area contributed by atoms with Crippen molar-refractivity contribution in [1.82, 2.24) is 0 Å². The number of benzene rings is 1. The van der Waals surface area contributed by atoms with E-state index < -0.39 is 23.4 Å². The van der Waals surface area contributed by atoms with Gasteiger partial charge < -0.3 is 10.1 Å². The number of fused-ring (bicyclic) bond motifs is 1. The van der Waals surface area contributed by atoms with Gasteiger partial charge in [0.2, 0.25) is 0 Å². The molecule has 0 aliphatic heterocycles. The number of thiophene rings is 1. The number of para-hydroxylation sites is 1. The predicted molar refractivity (Wildman–Crippen MR) is 107 cm³/mol. The molecule has 1 N–H and O–H groups in total. The number of nitro benzene ring substituents is 1. The van der Waals surface area contributed by atoms with E-state index in [1.807, 2.05) is 0 Å². The molecule has 8 nitrogen and oxygen atoms in total. The van der Waals surface area contributed by atoms with Crippen molar-refractivity contribution in [3.63, 3.8) is 0 Å². The van der Waals surface area contributed by atoms with Crippen LogP contribution in [0.2, 0.25) is 0 Å². The van der Waals surface area contributed by atoms with Crippen LogP contribution in [0.15, 0.2) is 18.2 Å². The summed E-state index contributed by atoms with van der Waals surface area (Å²) < 4.78 is 4.97. The van der Waals surface area contributed by atoms with E-state index in [0.717, 1.165) is 29.7 Å². The van der Waals surface area contributed by atoms with E-state index >= 15 is 0 Å². The van der Waals surface area contributed by atoms with Gasteiger partial charge in [-0.05, 0) is 43.7 Å². The van der Waals surface area contributed by atoms with Gasteiger partial charge in [-0.3, -0.25) is 14.9 Å². The minimum Gasteiger partial charge on any atom is -0.452 e. The molecule has 0 bridgehead atoms. The van der Waals surface area contributed by atoms with Crippen molar-refractivity contribution in [2.75, 3.05) is 11.9 Å². The number of hydrogen-bond acceptors (Lipinski definition) is 7. The van der Waals surface area contributed by atoms with Gasteiger partial charge in [0, 0.05) is 10.4 Å². The van der Waals surface area contributed by atoms with Crippen LogP contribution in [0, 0.1) is 34.3 Å². The Morgan fingerprint density at radius 1 is 1.45 bits per heavy atom. The number of nitriles is 1. The lowest BCUT2D eigenvalue weighted by atomic mass is 9.89. The highest BCUT2D eigenvalue weighted by Gasteiger charge is 2.26. The van der Waals surface area contributed by atoms with Crippen molar-refractivity contribution in [1.29, 1.82) is 5.26 Å². The van der Waals surface area contributed by atoms with Crippen LogP contribution in [-0.4, -0.2) is 23.4 Å². The second-order valence-electron chi connectivity index (χ2n) is 7.02. The number of nitrogens with one attached hydrogen (secondary N) is 1. The van der Waals surface area contributed by atoms with Crippen molar-refractivity contribution in [2.24, 2.45) is 5.92 Å². The number of aryl methyl sites for hydroxylation is 1. The Balaban J connectivity index is 1.69. The maximum absolute atomic E-state index is 12.3. The molecular weight excluding hydrogens is 394 g/mol. The summed E-state index contributed by atoms with van der Waals surface area (Å²) >= 11 is 1.37. The van der Waals surface area contributed by atoms with E-state index in [-0.39, 0.29) is 11.3 Å². The lowest BCUT2D eigenvalue weighted by Crippen LogP contribution is -2.21. The SMILES string of the molecule is Cc1cccc(C(=O)OCC(=O)Nc2sc3c(c2C#N)CC[C@@H](C)C3)c1[N+](=O)[O-]. The number of amides is 1. The fraction of sp³-hybridized carbons (Fsp3) is 0.350. The molecule has 1 heterocycles. The lowest BCUT2D eigenvalue weighted by Gasteiger charge is -2.17. The monoisotopic (exact) mass is 413 g/mol. The van der Waals surface area contributed by atoms with Gasteiger partial charge in [0.05, 0.1) is 10.5 Å². The quantitative estimate of drug-likeness (QED) is 0.452. The van der Waals surface area contributed by atoms with Crippen LogP contribution in [0.1, 0.15) is 45.3 Å². The van der Waals surface area contributed by atoms with E-state index in [4.69, 9.17) is 4.74 Å².